The summed E-state index contributed by atoms with van der Waals surface area (Å²) in [6, 6.07) is 2.30. The summed E-state index contributed by atoms with van der Waals surface area (Å²) in [5.74, 6) is 1.04. The van der Waals surface area contributed by atoms with Gasteiger partial charge in [-0.3, -0.25) is 14.6 Å². The average Bonchev–Trinajstić information content (AvgIpc) is 3.26. The second kappa shape index (κ2) is 5.62. The van der Waals surface area contributed by atoms with Crippen LogP contribution in [0.5, 0.6) is 0 Å². The molecule has 1 aromatic rings. The van der Waals surface area contributed by atoms with Gasteiger partial charge in [-0.25, -0.2) is 0 Å². The molecular formula is C18H23N3O2. The summed E-state index contributed by atoms with van der Waals surface area (Å²) in [7, 11) is 0. The minimum atomic E-state index is 0.0643. The van der Waals surface area contributed by atoms with Gasteiger partial charge in [0.25, 0.3) is 5.91 Å². The van der Waals surface area contributed by atoms with Crippen LogP contribution in [0.4, 0.5) is 0 Å². The van der Waals surface area contributed by atoms with Crippen LogP contribution in [0.1, 0.15) is 48.0 Å². The zero-order chi connectivity index (χ0) is 16.0. The summed E-state index contributed by atoms with van der Waals surface area (Å²) in [6.07, 6.45) is 8.20. The quantitative estimate of drug-likeness (QED) is 0.858. The predicted octanol–water partition coefficient (Wildman–Crippen LogP) is 2.01. The molecule has 0 bridgehead atoms. The van der Waals surface area contributed by atoms with E-state index in [-0.39, 0.29) is 23.9 Å². The van der Waals surface area contributed by atoms with Crippen LogP contribution >= 0.6 is 0 Å². The Morgan fingerprint density at radius 1 is 1.22 bits per heavy atom. The molecule has 0 unspecified atom stereocenters. The molecule has 1 aromatic heterocycles. The first-order valence-corrected chi connectivity index (χ1v) is 8.65. The fraction of sp³-hybridized carbons (Fsp3) is 0.611. The van der Waals surface area contributed by atoms with Crippen LogP contribution < -0.4 is 0 Å². The third-order valence-corrected chi connectivity index (χ3v) is 5.42. The maximum Gasteiger partial charge on any atom is 0.255 e. The molecule has 0 N–H and O–H groups in total. The SMILES string of the molecule is Cc1cncc(C(=O)N2CC[C@H]3[C@@H]2CCC(=O)N3CC2CC2)c1. The Kier molecular flexibility index (Phi) is 3.58. The predicted molar refractivity (Wildman–Crippen MR) is 85.9 cm³/mol. The number of nitrogens with zero attached hydrogens (tertiary/aromatic N) is 3. The Hall–Kier alpha value is -1.91. The first kappa shape index (κ1) is 14.7. The van der Waals surface area contributed by atoms with Crippen molar-refractivity contribution in [1.82, 2.24) is 14.8 Å². The van der Waals surface area contributed by atoms with E-state index in [1.807, 2.05) is 17.9 Å². The Balaban J connectivity index is 1.53. The fourth-order valence-corrected chi connectivity index (χ4v) is 4.05. The average molecular weight is 313 g/mol. The topological polar surface area (TPSA) is 53.5 Å². The molecule has 5 heteroatoms. The highest BCUT2D eigenvalue weighted by molar-refractivity contribution is 5.94. The van der Waals surface area contributed by atoms with Gasteiger partial charge in [0.1, 0.15) is 0 Å². The molecule has 3 heterocycles. The van der Waals surface area contributed by atoms with Crippen LogP contribution in [0.15, 0.2) is 18.5 Å². The maximum atomic E-state index is 12.9. The molecule has 5 nitrogen and oxygen atoms in total. The van der Waals surface area contributed by atoms with Crippen molar-refractivity contribution in [2.24, 2.45) is 5.92 Å². The van der Waals surface area contributed by atoms with Gasteiger partial charge >= 0.3 is 0 Å². The Morgan fingerprint density at radius 3 is 2.78 bits per heavy atom. The lowest BCUT2D eigenvalue weighted by atomic mass is 9.95. The summed E-state index contributed by atoms with van der Waals surface area (Å²) in [4.78, 5) is 33.4. The van der Waals surface area contributed by atoms with Crippen LogP contribution in [0.2, 0.25) is 0 Å². The minimum absolute atomic E-state index is 0.0643. The number of amides is 2. The van der Waals surface area contributed by atoms with Gasteiger partial charge < -0.3 is 9.80 Å². The Bertz CT molecular complexity index is 641. The summed E-state index contributed by atoms with van der Waals surface area (Å²) in [6.45, 7) is 3.60. The van der Waals surface area contributed by atoms with Crippen molar-refractivity contribution < 1.29 is 9.59 Å². The lowest BCUT2D eigenvalue weighted by Gasteiger charge is -2.40. The van der Waals surface area contributed by atoms with Gasteiger partial charge in [0.15, 0.2) is 0 Å². The number of pyridine rings is 1. The van der Waals surface area contributed by atoms with Gasteiger partial charge in [-0.2, -0.15) is 0 Å². The van der Waals surface area contributed by atoms with Gasteiger partial charge in [0, 0.05) is 31.9 Å². The zero-order valence-corrected chi connectivity index (χ0v) is 13.6. The van der Waals surface area contributed by atoms with Crippen molar-refractivity contribution in [3.05, 3.63) is 29.6 Å². The summed E-state index contributed by atoms with van der Waals surface area (Å²) in [5, 5.41) is 0. The lowest BCUT2D eigenvalue weighted by molar-refractivity contribution is -0.137. The molecule has 2 aliphatic heterocycles. The third-order valence-electron chi connectivity index (χ3n) is 5.42. The van der Waals surface area contributed by atoms with E-state index in [9.17, 15) is 9.59 Å². The van der Waals surface area contributed by atoms with Gasteiger partial charge in [-0.15, -0.1) is 0 Å². The van der Waals surface area contributed by atoms with Gasteiger partial charge in [0.05, 0.1) is 17.6 Å². The van der Waals surface area contributed by atoms with Gasteiger partial charge in [-0.05, 0) is 50.2 Å². The van der Waals surface area contributed by atoms with Crippen molar-refractivity contribution in [1.29, 1.82) is 0 Å². The number of hydrogen-bond donors (Lipinski definition) is 0. The molecule has 2 saturated heterocycles. The van der Waals surface area contributed by atoms with E-state index in [4.69, 9.17) is 0 Å². The van der Waals surface area contributed by atoms with Crippen LogP contribution in [-0.2, 0) is 4.79 Å². The largest absolute Gasteiger partial charge is 0.337 e. The van der Waals surface area contributed by atoms with E-state index < -0.39 is 0 Å². The van der Waals surface area contributed by atoms with Crippen LogP contribution in [-0.4, -0.2) is 51.8 Å². The molecule has 2 atom stereocenters. The molecule has 4 rings (SSSR count). The van der Waals surface area contributed by atoms with Crippen LogP contribution in [0.25, 0.3) is 0 Å². The lowest BCUT2D eigenvalue weighted by Crippen LogP contribution is -2.53. The Labute approximate surface area is 136 Å². The van der Waals surface area contributed by atoms with E-state index in [1.165, 1.54) is 12.8 Å². The third kappa shape index (κ3) is 2.73. The van der Waals surface area contributed by atoms with E-state index in [1.54, 1.807) is 12.4 Å². The molecule has 1 saturated carbocycles. The monoisotopic (exact) mass is 313 g/mol. The summed E-state index contributed by atoms with van der Waals surface area (Å²) >= 11 is 0. The Morgan fingerprint density at radius 2 is 2.04 bits per heavy atom. The van der Waals surface area contributed by atoms with Crippen molar-refractivity contribution in [3.8, 4) is 0 Å². The first-order chi connectivity index (χ1) is 11.1. The molecule has 0 radical (unpaired) electrons. The maximum absolute atomic E-state index is 12.9. The van der Waals surface area contributed by atoms with E-state index in [2.05, 4.69) is 9.88 Å². The highest BCUT2D eigenvalue weighted by Crippen LogP contribution is 2.37. The highest BCUT2D eigenvalue weighted by atomic mass is 16.2. The summed E-state index contributed by atoms with van der Waals surface area (Å²) < 4.78 is 0. The number of carbonyl (C=O) groups excluding carboxylic acids is 2. The van der Waals surface area contributed by atoms with Gasteiger partial charge in [0.2, 0.25) is 5.91 Å². The molecule has 23 heavy (non-hydrogen) atoms. The molecule has 1 aliphatic carbocycles. The second-order valence-corrected chi connectivity index (χ2v) is 7.20. The molecule has 2 amide bonds. The first-order valence-electron chi connectivity index (χ1n) is 8.65. The van der Waals surface area contributed by atoms with E-state index >= 15 is 0 Å². The van der Waals surface area contributed by atoms with Gasteiger partial charge in [-0.1, -0.05) is 0 Å². The summed E-state index contributed by atoms with van der Waals surface area (Å²) in [5.41, 5.74) is 1.66. The number of aryl methyl sites for hydroxylation is 1. The number of piperidine rings is 1. The van der Waals surface area contributed by atoms with Crippen LogP contribution in [0.3, 0.4) is 0 Å². The molecular weight excluding hydrogens is 290 g/mol. The fourth-order valence-electron chi connectivity index (χ4n) is 4.05. The molecule has 3 aliphatic rings. The molecule has 0 aromatic carbocycles. The highest BCUT2D eigenvalue weighted by Gasteiger charge is 2.46. The molecule has 122 valence electrons. The van der Waals surface area contributed by atoms with Crippen molar-refractivity contribution in [2.45, 2.75) is 51.1 Å². The molecule has 3 fully saturated rings. The zero-order valence-electron chi connectivity index (χ0n) is 13.6. The number of fused-ring (bicyclic) bond motifs is 1. The van der Waals surface area contributed by atoms with Crippen molar-refractivity contribution >= 4 is 11.8 Å². The number of aromatic nitrogens is 1. The standard InChI is InChI=1S/C18H23N3O2/c1-12-8-14(10-19-9-12)18(23)20-7-6-16-15(20)4-5-17(22)21(16)11-13-2-3-13/h8-10,13,15-16H,2-7,11H2,1H3/t15-,16-/m0/s1. The number of carbonyl (C=O) groups is 2. The van der Waals surface area contributed by atoms with Crippen LogP contribution in [0, 0.1) is 12.8 Å². The van der Waals surface area contributed by atoms with Crippen molar-refractivity contribution in [2.75, 3.05) is 13.1 Å². The second-order valence-electron chi connectivity index (χ2n) is 7.20. The van der Waals surface area contributed by atoms with E-state index in [0.29, 0.717) is 17.9 Å². The smallest absolute Gasteiger partial charge is 0.255 e. The normalized spacial score (nSPS) is 27.3. The number of hydrogen-bond acceptors (Lipinski definition) is 3. The minimum Gasteiger partial charge on any atom is -0.337 e. The molecule has 0 spiro atoms. The van der Waals surface area contributed by atoms with Crippen molar-refractivity contribution in [3.63, 3.8) is 0 Å². The number of likely N-dealkylation sites (tertiary alicyclic amines) is 2. The number of rotatable bonds is 3. The van der Waals surface area contributed by atoms with E-state index in [0.717, 1.165) is 31.5 Å².